The van der Waals surface area contributed by atoms with E-state index >= 15 is 0 Å². The molecule has 7 heteroatoms. The molecule has 7 nitrogen and oxygen atoms in total. The molecule has 148 valence electrons. The average molecular weight is 373 g/mol. The third kappa shape index (κ3) is 6.58. The van der Waals surface area contributed by atoms with Gasteiger partial charge in [0.15, 0.2) is 5.96 Å². The summed E-state index contributed by atoms with van der Waals surface area (Å²) < 4.78 is 7.28. The zero-order valence-corrected chi connectivity index (χ0v) is 17.1. The van der Waals surface area contributed by atoms with E-state index in [1.807, 2.05) is 24.3 Å². The second-order valence-electron chi connectivity index (χ2n) is 6.91. The van der Waals surface area contributed by atoms with Crippen molar-refractivity contribution in [1.82, 2.24) is 25.4 Å². The minimum Gasteiger partial charge on any atom is -0.497 e. The normalized spacial score (nSPS) is 12.9. The Balaban J connectivity index is 1.98. The first-order valence-corrected chi connectivity index (χ1v) is 9.58. The zero-order valence-electron chi connectivity index (χ0n) is 17.1. The molecule has 1 unspecified atom stereocenters. The molecule has 0 radical (unpaired) electrons. The minimum atomic E-state index is 0.327. The Labute approximate surface area is 162 Å². The Bertz CT molecular complexity index is 708. The lowest BCUT2D eigenvalue weighted by Gasteiger charge is -2.21. The molecule has 0 amide bonds. The van der Waals surface area contributed by atoms with Crippen LogP contribution >= 0.6 is 0 Å². The third-order valence-corrected chi connectivity index (χ3v) is 4.60. The van der Waals surface area contributed by atoms with E-state index in [2.05, 4.69) is 53.1 Å². The first-order valence-electron chi connectivity index (χ1n) is 9.58. The van der Waals surface area contributed by atoms with Gasteiger partial charge in [0.1, 0.15) is 17.9 Å². The van der Waals surface area contributed by atoms with Gasteiger partial charge in [0.05, 0.1) is 13.7 Å². The summed E-state index contributed by atoms with van der Waals surface area (Å²) in [6, 6.07) is 8.32. The molecule has 1 heterocycles. The summed E-state index contributed by atoms with van der Waals surface area (Å²) >= 11 is 0. The van der Waals surface area contributed by atoms with Gasteiger partial charge in [-0.1, -0.05) is 32.9 Å². The molecule has 0 fully saturated rings. The van der Waals surface area contributed by atoms with Gasteiger partial charge < -0.3 is 19.9 Å². The molecule has 0 saturated carbocycles. The van der Waals surface area contributed by atoms with E-state index < -0.39 is 0 Å². The number of aromatic nitrogens is 3. The second-order valence-corrected chi connectivity index (χ2v) is 6.91. The number of ether oxygens (including phenoxy) is 1. The van der Waals surface area contributed by atoms with E-state index in [1.54, 1.807) is 13.4 Å². The fraction of sp³-hybridized carbons (Fsp3) is 0.550. The number of guanidine groups is 1. The van der Waals surface area contributed by atoms with E-state index in [-0.39, 0.29) is 0 Å². The molecule has 2 rings (SSSR count). The number of nitrogens with zero attached hydrogens (tertiary/aromatic N) is 4. The van der Waals surface area contributed by atoms with Gasteiger partial charge in [0.2, 0.25) is 0 Å². The van der Waals surface area contributed by atoms with E-state index in [4.69, 9.17) is 9.73 Å². The highest BCUT2D eigenvalue weighted by molar-refractivity contribution is 5.80. The van der Waals surface area contributed by atoms with Crippen molar-refractivity contribution < 1.29 is 4.74 Å². The molecule has 2 N–H and O–H groups in total. The van der Waals surface area contributed by atoms with Crippen molar-refractivity contribution in [2.24, 2.45) is 10.9 Å². The molecule has 1 aromatic heterocycles. The van der Waals surface area contributed by atoms with E-state index in [1.165, 1.54) is 0 Å². The van der Waals surface area contributed by atoms with Crippen LogP contribution in [0.4, 0.5) is 0 Å². The van der Waals surface area contributed by atoms with Gasteiger partial charge in [-0.15, -0.1) is 10.2 Å². The van der Waals surface area contributed by atoms with Crippen LogP contribution in [0.3, 0.4) is 0 Å². The van der Waals surface area contributed by atoms with Crippen LogP contribution in [0, 0.1) is 5.92 Å². The van der Waals surface area contributed by atoms with Crippen LogP contribution in [0.25, 0.3) is 0 Å². The van der Waals surface area contributed by atoms with Gasteiger partial charge in [0.25, 0.3) is 0 Å². The second kappa shape index (κ2) is 10.5. The van der Waals surface area contributed by atoms with Crippen LogP contribution in [0.2, 0.25) is 0 Å². The lowest BCUT2D eigenvalue weighted by atomic mass is 10.1. The van der Waals surface area contributed by atoms with Crippen molar-refractivity contribution in [3.63, 3.8) is 0 Å². The molecule has 0 aliphatic heterocycles. The predicted octanol–water partition coefficient (Wildman–Crippen LogP) is 2.63. The molecule has 2 aromatic rings. The Morgan fingerprint density at radius 3 is 2.59 bits per heavy atom. The Hall–Kier alpha value is -2.57. The maximum absolute atomic E-state index is 5.21. The smallest absolute Gasteiger partial charge is 0.191 e. The maximum Gasteiger partial charge on any atom is 0.191 e. The number of rotatable bonds is 9. The monoisotopic (exact) mass is 372 g/mol. The Morgan fingerprint density at radius 1 is 1.22 bits per heavy atom. The van der Waals surface area contributed by atoms with Crippen LogP contribution in [0.15, 0.2) is 35.6 Å². The number of nitrogens with one attached hydrogen (secondary N) is 2. The third-order valence-electron chi connectivity index (χ3n) is 4.60. The molecular formula is C20H32N6O. The highest BCUT2D eigenvalue weighted by Crippen LogP contribution is 2.12. The molecule has 1 atom stereocenters. The highest BCUT2D eigenvalue weighted by atomic mass is 16.5. The van der Waals surface area contributed by atoms with Gasteiger partial charge in [-0.3, -0.25) is 0 Å². The fourth-order valence-corrected chi connectivity index (χ4v) is 2.47. The first-order chi connectivity index (χ1) is 13.0. The van der Waals surface area contributed by atoms with Gasteiger partial charge in [-0.05, 0) is 30.5 Å². The van der Waals surface area contributed by atoms with Crippen LogP contribution in [-0.2, 0) is 19.5 Å². The van der Waals surface area contributed by atoms with Crippen molar-refractivity contribution >= 4 is 5.96 Å². The summed E-state index contributed by atoms with van der Waals surface area (Å²) in [5, 5.41) is 15.0. The summed E-state index contributed by atoms with van der Waals surface area (Å²) in [5.74, 6) is 3.19. The van der Waals surface area contributed by atoms with E-state index in [0.717, 1.165) is 42.6 Å². The largest absolute Gasteiger partial charge is 0.497 e. The van der Waals surface area contributed by atoms with Crippen molar-refractivity contribution in [2.75, 3.05) is 13.7 Å². The molecule has 27 heavy (non-hydrogen) atoms. The molecule has 0 spiro atoms. The summed E-state index contributed by atoms with van der Waals surface area (Å²) in [5.41, 5.74) is 1.14. The molecule has 0 saturated heterocycles. The lowest BCUT2D eigenvalue weighted by molar-refractivity contribution is 0.414. The molecule has 1 aromatic carbocycles. The van der Waals surface area contributed by atoms with Gasteiger partial charge in [-0.25, -0.2) is 4.99 Å². The number of methoxy groups -OCH3 is 1. The van der Waals surface area contributed by atoms with E-state index in [0.29, 0.717) is 18.5 Å². The molecule has 0 aliphatic carbocycles. The van der Waals surface area contributed by atoms with Crippen molar-refractivity contribution in [3.05, 3.63) is 42.0 Å². The number of aliphatic imine (C=N–C) groups is 1. The maximum atomic E-state index is 5.21. The van der Waals surface area contributed by atoms with Crippen LogP contribution in [0.5, 0.6) is 5.75 Å². The first kappa shape index (κ1) is 20.7. The van der Waals surface area contributed by atoms with Crippen LogP contribution < -0.4 is 15.4 Å². The predicted molar refractivity (Wildman–Crippen MR) is 109 cm³/mol. The number of aryl methyl sites for hydroxylation is 1. The summed E-state index contributed by atoms with van der Waals surface area (Å²) in [4.78, 5) is 4.75. The van der Waals surface area contributed by atoms with Gasteiger partial charge in [0, 0.05) is 25.6 Å². The quantitative estimate of drug-likeness (QED) is 0.523. The average Bonchev–Trinajstić information content (AvgIpc) is 3.13. The summed E-state index contributed by atoms with van der Waals surface area (Å²) in [7, 11) is 1.67. The van der Waals surface area contributed by atoms with Crippen LogP contribution in [-0.4, -0.2) is 40.4 Å². The summed E-state index contributed by atoms with van der Waals surface area (Å²) in [6.45, 7) is 10.8. The number of hydrogen-bond donors (Lipinski definition) is 2. The Morgan fingerprint density at radius 2 is 1.96 bits per heavy atom. The fourth-order valence-electron chi connectivity index (χ4n) is 2.47. The standard InChI is InChI=1S/C20H32N6O/c1-6-19-25-23-14-26(19)12-11-21-20(24-16(4)15(2)3)22-13-17-7-9-18(27-5)10-8-17/h7-10,14-16H,6,11-13H2,1-5H3,(H2,21,22,24). The van der Waals surface area contributed by atoms with Crippen molar-refractivity contribution in [3.8, 4) is 5.75 Å². The minimum absolute atomic E-state index is 0.327. The zero-order chi connectivity index (χ0) is 19.6. The van der Waals surface area contributed by atoms with Crippen molar-refractivity contribution in [1.29, 1.82) is 0 Å². The van der Waals surface area contributed by atoms with E-state index in [9.17, 15) is 0 Å². The number of benzene rings is 1. The molecular weight excluding hydrogens is 340 g/mol. The Kier molecular flexibility index (Phi) is 8.10. The SMILES string of the molecule is CCc1nncn1CCNC(=NCc1ccc(OC)cc1)NC(C)C(C)C. The lowest BCUT2D eigenvalue weighted by Crippen LogP contribution is -2.45. The topological polar surface area (TPSA) is 76.4 Å². The van der Waals surface area contributed by atoms with Crippen LogP contribution in [0.1, 0.15) is 39.1 Å². The van der Waals surface area contributed by atoms with Crippen molar-refractivity contribution in [2.45, 2.75) is 53.2 Å². The summed E-state index contributed by atoms with van der Waals surface area (Å²) in [6.07, 6.45) is 2.65. The number of hydrogen-bond acceptors (Lipinski definition) is 4. The van der Waals surface area contributed by atoms with Gasteiger partial charge in [-0.2, -0.15) is 0 Å². The molecule has 0 bridgehead atoms. The molecule has 0 aliphatic rings. The van der Waals surface area contributed by atoms with Gasteiger partial charge >= 0.3 is 0 Å². The highest BCUT2D eigenvalue weighted by Gasteiger charge is 2.10.